The van der Waals surface area contributed by atoms with E-state index in [9.17, 15) is 18.4 Å². The standard InChI is InChI=1S/C28H38F2N2O2/c1-27-14-13-20-18(9-12-24-28(20,2)15-23(30)26(34)32(24,3)4)19(27)10-11-21(27)25(33)31-16-17-7-5-6-8-22(17)29/h5-8,18-21,23-24H,9-16H2,1-4H3/p+1/t18?,19-,20?,21+,23+,24+,27-,28+/m0/s1. The molecule has 0 spiro atoms. The predicted octanol–water partition coefficient (Wildman–Crippen LogP) is 5.01. The summed E-state index contributed by atoms with van der Waals surface area (Å²) in [6, 6.07) is 6.75. The van der Waals surface area contributed by atoms with Crippen LogP contribution in [0.4, 0.5) is 8.78 Å². The molecule has 4 nitrogen and oxygen atoms in total. The summed E-state index contributed by atoms with van der Waals surface area (Å²) in [5.41, 5.74) is 0.249. The lowest BCUT2D eigenvalue weighted by Crippen LogP contribution is -2.70. The summed E-state index contributed by atoms with van der Waals surface area (Å²) in [6.45, 7) is 4.74. The monoisotopic (exact) mass is 473 g/mol. The molecule has 2 unspecified atom stereocenters. The molecule has 3 saturated carbocycles. The molecule has 1 saturated heterocycles. The molecular weight excluding hydrogens is 434 g/mol. The van der Waals surface area contributed by atoms with Gasteiger partial charge in [0.1, 0.15) is 11.9 Å². The molecule has 1 N–H and O–H groups in total. The molecule has 0 aromatic heterocycles. The van der Waals surface area contributed by atoms with Gasteiger partial charge in [-0.1, -0.05) is 32.0 Å². The average molecular weight is 474 g/mol. The minimum absolute atomic E-state index is 0.0384. The Morgan fingerprint density at radius 1 is 1.06 bits per heavy atom. The molecule has 1 aromatic rings. The number of carbonyl (C=O) groups excluding carboxylic acids is 2. The number of rotatable bonds is 3. The van der Waals surface area contributed by atoms with Gasteiger partial charge in [-0.2, -0.15) is 0 Å². The second-order valence-corrected chi connectivity index (χ2v) is 12.5. The topological polar surface area (TPSA) is 46.2 Å². The molecule has 0 bridgehead atoms. The molecule has 5 rings (SSSR count). The maximum absolute atomic E-state index is 15.0. The number of benzene rings is 1. The summed E-state index contributed by atoms with van der Waals surface area (Å²) in [6.07, 6.45) is 4.78. The van der Waals surface area contributed by atoms with Gasteiger partial charge in [0.25, 0.3) is 0 Å². The fourth-order valence-corrected chi connectivity index (χ4v) is 9.15. The fourth-order valence-electron chi connectivity index (χ4n) is 9.15. The molecule has 3 aliphatic carbocycles. The Balaban J connectivity index is 1.34. The van der Waals surface area contributed by atoms with Crippen molar-refractivity contribution in [3.05, 3.63) is 35.6 Å². The predicted molar refractivity (Wildman–Crippen MR) is 127 cm³/mol. The Morgan fingerprint density at radius 2 is 1.76 bits per heavy atom. The Bertz CT molecular complexity index is 996. The highest BCUT2D eigenvalue weighted by Gasteiger charge is 2.66. The van der Waals surface area contributed by atoms with Crippen LogP contribution in [-0.2, 0) is 16.1 Å². The Hall–Kier alpha value is -1.82. The van der Waals surface area contributed by atoms with Gasteiger partial charge < -0.3 is 5.32 Å². The molecule has 1 heterocycles. The number of hydrogen-bond acceptors (Lipinski definition) is 2. The van der Waals surface area contributed by atoms with Crippen LogP contribution in [0.3, 0.4) is 0 Å². The third kappa shape index (κ3) is 3.38. The van der Waals surface area contributed by atoms with Crippen LogP contribution in [0, 0.1) is 40.3 Å². The third-order valence-corrected chi connectivity index (χ3v) is 10.8. The van der Waals surface area contributed by atoms with Gasteiger partial charge in [-0.25, -0.2) is 13.6 Å². The molecule has 186 valence electrons. The first-order valence-electron chi connectivity index (χ1n) is 13.0. The SMILES string of the molecule is C[C@]12CCC3C(CC[C@@H]4[C@]3(C)C[C@@H](F)C(=O)[N+]4(C)C)[C@@H]1CC[C@@H]2C(=O)NCc1ccccc1F. The number of fused-ring (bicyclic) bond motifs is 5. The smallest absolute Gasteiger partial charge is 0.347 e. The number of hydrogen-bond donors (Lipinski definition) is 1. The molecule has 4 fully saturated rings. The van der Waals surface area contributed by atoms with E-state index in [0.29, 0.717) is 29.7 Å². The zero-order valence-corrected chi connectivity index (χ0v) is 20.9. The second kappa shape index (κ2) is 8.11. The normalized spacial score (nSPS) is 42.9. The van der Waals surface area contributed by atoms with Gasteiger partial charge in [-0.05, 0) is 61.3 Å². The average Bonchev–Trinajstić information content (AvgIpc) is 3.14. The lowest BCUT2D eigenvalue weighted by molar-refractivity contribution is -0.859. The maximum Gasteiger partial charge on any atom is 0.347 e. The first-order chi connectivity index (χ1) is 16.0. The van der Waals surface area contributed by atoms with Crippen LogP contribution in [0.1, 0.15) is 64.4 Å². The number of nitrogens with one attached hydrogen (secondary N) is 1. The quantitative estimate of drug-likeness (QED) is 0.627. The van der Waals surface area contributed by atoms with E-state index in [1.165, 1.54) is 6.07 Å². The summed E-state index contributed by atoms with van der Waals surface area (Å²) in [5, 5.41) is 3.02. The van der Waals surface area contributed by atoms with Crippen molar-refractivity contribution in [3.63, 3.8) is 0 Å². The molecular formula is C28H39F2N2O2+. The molecule has 4 aliphatic rings. The number of piperidine rings is 1. The van der Waals surface area contributed by atoms with Crippen molar-refractivity contribution in [2.45, 2.75) is 77.6 Å². The number of likely N-dealkylation sites (tertiary alicyclic amines) is 1. The lowest BCUT2D eigenvalue weighted by atomic mass is 9.46. The molecule has 34 heavy (non-hydrogen) atoms. The lowest BCUT2D eigenvalue weighted by Gasteiger charge is -2.62. The highest BCUT2D eigenvalue weighted by Crippen LogP contribution is 2.66. The summed E-state index contributed by atoms with van der Waals surface area (Å²) >= 11 is 0. The van der Waals surface area contributed by atoms with Crippen LogP contribution >= 0.6 is 0 Å². The zero-order valence-electron chi connectivity index (χ0n) is 20.9. The highest BCUT2D eigenvalue weighted by molar-refractivity contribution is 5.80. The number of alkyl halides is 1. The Labute approximate surface area is 202 Å². The molecule has 6 heteroatoms. The van der Waals surface area contributed by atoms with Gasteiger partial charge >= 0.3 is 5.91 Å². The zero-order chi connectivity index (χ0) is 24.5. The van der Waals surface area contributed by atoms with Gasteiger partial charge in [0, 0.05) is 36.3 Å². The van der Waals surface area contributed by atoms with Gasteiger partial charge in [0.15, 0.2) is 0 Å². The van der Waals surface area contributed by atoms with Crippen molar-refractivity contribution in [2.75, 3.05) is 14.1 Å². The van der Waals surface area contributed by atoms with Gasteiger partial charge in [0.2, 0.25) is 12.1 Å². The van der Waals surface area contributed by atoms with E-state index in [1.54, 1.807) is 18.2 Å². The van der Waals surface area contributed by atoms with Crippen molar-refractivity contribution < 1.29 is 22.9 Å². The van der Waals surface area contributed by atoms with Crippen LogP contribution in [0.2, 0.25) is 0 Å². The summed E-state index contributed by atoms with van der Waals surface area (Å²) in [7, 11) is 3.80. The molecule has 2 amide bonds. The molecule has 1 aliphatic heterocycles. The van der Waals surface area contributed by atoms with Crippen LogP contribution < -0.4 is 5.32 Å². The number of halogens is 2. The van der Waals surface area contributed by atoms with E-state index in [0.717, 1.165) is 38.5 Å². The van der Waals surface area contributed by atoms with Crippen LogP contribution in [0.25, 0.3) is 0 Å². The molecule has 0 radical (unpaired) electrons. The van der Waals surface area contributed by atoms with E-state index < -0.39 is 6.17 Å². The minimum atomic E-state index is -1.39. The first kappa shape index (κ1) is 23.9. The molecule has 8 atom stereocenters. The highest BCUT2D eigenvalue weighted by atomic mass is 19.1. The third-order valence-electron chi connectivity index (χ3n) is 10.8. The Kier molecular flexibility index (Phi) is 5.70. The van der Waals surface area contributed by atoms with Crippen LogP contribution in [0.15, 0.2) is 24.3 Å². The van der Waals surface area contributed by atoms with E-state index in [1.807, 2.05) is 14.1 Å². The molecule has 1 aromatic carbocycles. The maximum atomic E-state index is 15.0. The van der Waals surface area contributed by atoms with Crippen molar-refractivity contribution in [1.82, 2.24) is 5.32 Å². The number of quaternary nitrogens is 1. The fraction of sp³-hybridized carbons (Fsp3) is 0.714. The van der Waals surface area contributed by atoms with Gasteiger partial charge in [-0.15, -0.1) is 0 Å². The van der Waals surface area contributed by atoms with Crippen LogP contribution in [0.5, 0.6) is 0 Å². The van der Waals surface area contributed by atoms with Gasteiger partial charge in [-0.3, -0.25) is 9.28 Å². The largest absolute Gasteiger partial charge is 0.352 e. The number of amides is 2. The summed E-state index contributed by atoms with van der Waals surface area (Å²) < 4.78 is 29.1. The Morgan fingerprint density at radius 3 is 2.50 bits per heavy atom. The van der Waals surface area contributed by atoms with Gasteiger partial charge in [0.05, 0.1) is 14.1 Å². The minimum Gasteiger partial charge on any atom is -0.352 e. The van der Waals surface area contributed by atoms with E-state index in [2.05, 4.69) is 19.2 Å². The first-order valence-corrected chi connectivity index (χ1v) is 13.0. The van der Waals surface area contributed by atoms with E-state index >= 15 is 0 Å². The van der Waals surface area contributed by atoms with E-state index in [4.69, 9.17) is 0 Å². The van der Waals surface area contributed by atoms with Crippen LogP contribution in [-0.4, -0.2) is 42.6 Å². The van der Waals surface area contributed by atoms with Crippen molar-refractivity contribution >= 4 is 11.8 Å². The summed E-state index contributed by atoms with van der Waals surface area (Å²) in [4.78, 5) is 26.0. The summed E-state index contributed by atoms with van der Waals surface area (Å²) in [5.74, 6) is 0.732. The van der Waals surface area contributed by atoms with E-state index in [-0.39, 0.29) is 51.4 Å². The van der Waals surface area contributed by atoms with Crippen molar-refractivity contribution in [1.29, 1.82) is 0 Å². The number of nitrogens with zero attached hydrogens (tertiary/aromatic N) is 1. The van der Waals surface area contributed by atoms with Crippen molar-refractivity contribution in [2.24, 2.45) is 34.5 Å². The van der Waals surface area contributed by atoms with Crippen molar-refractivity contribution in [3.8, 4) is 0 Å². The number of carbonyl (C=O) groups is 2. The second-order valence-electron chi connectivity index (χ2n) is 12.5.